The Hall–Kier alpha value is -1.01. The summed E-state index contributed by atoms with van der Waals surface area (Å²) in [5, 5.41) is 9.09. The normalized spacial score (nSPS) is 18.3. The Labute approximate surface area is 364 Å². The zero-order valence-electron chi connectivity index (χ0n) is 37.5. The second kappa shape index (κ2) is 38.9. The first-order valence-corrected chi connectivity index (χ1v) is 25.4. The fraction of sp³-hybridized carbons (Fsp3) is 0.936. The number of nitriles is 1. The van der Waals surface area contributed by atoms with Gasteiger partial charge in [0.1, 0.15) is 19.8 Å². The van der Waals surface area contributed by atoms with Crippen molar-refractivity contribution < 1.29 is 49.5 Å². The molecule has 3 fully saturated rings. The van der Waals surface area contributed by atoms with E-state index >= 15 is 0 Å². The molecular weight excluding hydrogens is 771 g/mol. The van der Waals surface area contributed by atoms with Crippen molar-refractivity contribution in [2.45, 2.75) is 225 Å². The molecule has 0 N–H and O–H groups in total. The average molecular weight is 860 g/mol. The quantitative estimate of drug-likeness (QED) is 0.0259. The van der Waals surface area contributed by atoms with Crippen LogP contribution < -0.4 is 12.4 Å². The Morgan fingerprint density at radius 1 is 0.586 bits per heavy atom. The predicted molar refractivity (Wildman–Crippen MR) is 234 cm³/mol. The molecule has 3 saturated heterocycles. The minimum atomic E-state index is -1.74. The summed E-state index contributed by atoms with van der Waals surface area (Å²) in [7, 11) is -1.74. The second-order valence-electron chi connectivity index (χ2n) is 17.3. The van der Waals surface area contributed by atoms with Crippen LogP contribution in [-0.4, -0.2) is 75.1 Å². The van der Waals surface area contributed by atoms with Gasteiger partial charge >= 0.3 is 20.5 Å². The smallest absolute Gasteiger partial charge is 0.333 e. The average Bonchev–Trinajstić information content (AvgIpc) is 3.22. The maximum absolute atomic E-state index is 13.0. The summed E-state index contributed by atoms with van der Waals surface area (Å²) in [5.41, 5.74) is 0. The number of carbonyl (C=O) groups excluding carboxylic acids is 2. The van der Waals surface area contributed by atoms with Crippen molar-refractivity contribution in [1.82, 2.24) is 0 Å². The van der Waals surface area contributed by atoms with Crippen molar-refractivity contribution in [2.24, 2.45) is 5.92 Å². The van der Waals surface area contributed by atoms with E-state index < -0.39 is 14.7 Å². The van der Waals surface area contributed by atoms with Crippen LogP contribution in [0.3, 0.4) is 0 Å². The molecule has 3 heterocycles. The first-order chi connectivity index (χ1) is 28.0. The van der Waals surface area contributed by atoms with E-state index in [0.29, 0.717) is 19.4 Å². The van der Waals surface area contributed by atoms with Gasteiger partial charge in [-0.1, -0.05) is 168 Å². The minimum absolute atomic E-state index is 0. The molecule has 0 spiro atoms. The molecule has 3 rings (SSSR count). The lowest BCUT2D eigenvalue weighted by atomic mass is 9.86. The third-order valence-electron chi connectivity index (χ3n) is 12.3. The van der Waals surface area contributed by atoms with Crippen LogP contribution in [0.2, 0.25) is 0 Å². The molecule has 0 aromatic heterocycles. The van der Waals surface area contributed by atoms with E-state index in [1.54, 1.807) is 0 Å². The molecule has 340 valence electrons. The van der Waals surface area contributed by atoms with Gasteiger partial charge in [0.25, 0.3) is 0 Å². The number of esters is 2. The molecule has 2 unspecified atom stereocenters. The lowest BCUT2D eigenvalue weighted by Crippen LogP contribution is -3.00. The van der Waals surface area contributed by atoms with Crippen molar-refractivity contribution in [3.05, 3.63) is 0 Å². The molecule has 0 aromatic rings. The molecule has 0 aromatic carbocycles. The number of piperidine rings is 3. The molecule has 2 bridgehead atoms. The van der Waals surface area contributed by atoms with Gasteiger partial charge in [-0.05, 0) is 38.0 Å². The van der Waals surface area contributed by atoms with Gasteiger partial charge in [-0.25, -0.2) is 0 Å². The Balaban J connectivity index is 0.0000168. The van der Waals surface area contributed by atoms with Crippen molar-refractivity contribution in [1.29, 1.82) is 5.26 Å². The Morgan fingerprint density at radius 3 is 1.45 bits per heavy atom. The summed E-state index contributed by atoms with van der Waals surface area (Å²) < 4.78 is 30.7. The molecule has 3 aliphatic heterocycles. The summed E-state index contributed by atoms with van der Waals surface area (Å²) >= 11 is 0. The van der Waals surface area contributed by atoms with Crippen LogP contribution in [0.15, 0.2) is 0 Å². The van der Waals surface area contributed by atoms with Gasteiger partial charge in [0, 0.05) is 12.8 Å². The molecule has 0 saturated carbocycles. The Bertz CT molecular complexity index is 996. The van der Waals surface area contributed by atoms with E-state index in [4.69, 9.17) is 28.3 Å². The van der Waals surface area contributed by atoms with Gasteiger partial charge < -0.3 is 39.9 Å². The Kier molecular flexibility index (Phi) is 36.9. The van der Waals surface area contributed by atoms with Crippen LogP contribution >= 0.6 is 8.60 Å². The summed E-state index contributed by atoms with van der Waals surface area (Å²) in [6, 6.07) is 2.12. The number of hydrogen-bond acceptors (Lipinski definition) is 8. The number of rotatable bonds is 41. The number of unbranched alkanes of at least 4 members (excludes halogenated alkanes) is 24. The third-order valence-corrected chi connectivity index (χ3v) is 13.4. The van der Waals surface area contributed by atoms with Crippen LogP contribution in [0, 0.1) is 17.2 Å². The van der Waals surface area contributed by atoms with Crippen molar-refractivity contribution >= 4 is 20.5 Å². The number of carbonyl (C=O) groups is 2. The number of halogens is 1. The van der Waals surface area contributed by atoms with Gasteiger partial charge in [0.05, 0.1) is 45.3 Å². The summed E-state index contributed by atoms with van der Waals surface area (Å²) in [5.74, 6) is 0.339. The highest BCUT2D eigenvalue weighted by Gasteiger charge is 2.39. The number of fused-ring (bicyclic) bond motifs is 3. The topological polar surface area (TPSA) is 104 Å². The Morgan fingerprint density at radius 2 is 1.00 bits per heavy atom. The van der Waals surface area contributed by atoms with Crippen molar-refractivity contribution in [2.75, 3.05) is 52.6 Å². The lowest BCUT2D eigenvalue weighted by molar-refractivity contribution is -0.942. The summed E-state index contributed by atoms with van der Waals surface area (Å²) in [6.45, 7) is 9.77. The number of nitrogens with zero attached hydrogens (tertiary/aromatic N) is 2. The van der Waals surface area contributed by atoms with Crippen LogP contribution in [0.25, 0.3) is 0 Å². The van der Waals surface area contributed by atoms with Gasteiger partial charge in [-0.3, -0.25) is 9.59 Å². The number of hydrogen-bond donors (Lipinski definition) is 0. The predicted octanol–water partition coefficient (Wildman–Crippen LogP) is 10.2. The first-order valence-electron chi connectivity index (χ1n) is 24.3. The zero-order valence-corrected chi connectivity index (χ0v) is 39.2. The van der Waals surface area contributed by atoms with E-state index in [0.717, 1.165) is 55.5 Å². The van der Waals surface area contributed by atoms with Crippen LogP contribution in [0.5, 0.6) is 0 Å². The SMILES string of the molecule is CCCCCCCCCCCCCCCC(=O)OCC(COP(OCCC#N)OCC[N+]12CCC(CC1)CC2)OC(=O)CCCCCCCCCCCCCCC.[Cl-]. The third kappa shape index (κ3) is 30.1. The number of ether oxygens (including phenoxy) is 2. The summed E-state index contributed by atoms with van der Waals surface area (Å²) in [4.78, 5) is 25.7. The van der Waals surface area contributed by atoms with E-state index in [9.17, 15) is 9.59 Å². The maximum atomic E-state index is 13.0. The maximum Gasteiger partial charge on any atom is 0.333 e. The van der Waals surface area contributed by atoms with E-state index in [1.165, 1.54) is 167 Å². The monoisotopic (exact) mass is 859 g/mol. The fourth-order valence-electron chi connectivity index (χ4n) is 8.40. The molecule has 9 nitrogen and oxygen atoms in total. The standard InChI is InChI=1S/C47H88N2O7P.ClH/c1-3-5-7-9-11-13-15-17-19-21-23-25-27-30-46(50)52-42-45(56-47(51)31-28-26-24-22-20-18-16-14-12-10-8-6-4-2)43-55-57(53-40-29-35-48)54-41-39-49-36-32-44(33-37-49)34-38-49;/h44-45H,3-34,36-43H2,1-2H3;1H/q+1;/p-1. The molecule has 0 aliphatic carbocycles. The molecule has 58 heavy (non-hydrogen) atoms. The number of quaternary nitrogens is 1. The zero-order chi connectivity index (χ0) is 40.9. The van der Waals surface area contributed by atoms with Crippen molar-refractivity contribution in [3.63, 3.8) is 0 Å². The highest BCUT2D eigenvalue weighted by atomic mass is 35.5. The van der Waals surface area contributed by atoms with Crippen LogP contribution in [-0.2, 0) is 32.6 Å². The lowest BCUT2D eigenvalue weighted by Gasteiger charge is -2.49. The van der Waals surface area contributed by atoms with Gasteiger partial charge in [0.15, 0.2) is 6.10 Å². The van der Waals surface area contributed by atoms with Crippen LogP contribution in [0.1, 0.15) is 219 Å². The molecule has 0 amide bonds. The molecule has 2 atom stereocenters. The minimum Gasteiger partial charge on any atom is -1.00 e. The van der Waals surface area contributed by atoms with Crippen molar-refractivity contribution in [3.8, 4) is 6.07 Å². The molecular formula is C47H88ClN2O7P. The van der Waals surface area contributed by atoms with Gasteiger partial charge in [0.2, 0.25) is 0 Å². The van der Waals surface area contributed by atoms with E-state index in [2.05, 4.69) is 19.9 Å². The fourth-order valence-corrected chi connectivity index (χ4v) is 9.38. The molecule has 0 radical (unpaired) electrons. The van der Waals surface area contributed by atoms with Gasteiger partial charge in [-0.2, -0.15) is 5.26 Å². The highest BCUT2D eigenvalue weighted by Crippen LogP contribution is 2.41. The first kappa shape index (κ1) is 55.0. The largest absolute Gasteiger partial charge is 1.00 e. The van der Waals surface area contributed by atoms with E-state index in [1.807, 2.05) is 0 Å². The summed E-state index contributed by atoms with van der Waals surface area (Å²) in [6.07, 6.45) is 36.6. The second-order valence-corrected chi connectivity index (χ2v) is 18.6. The highest BCUT2D eigenvalue weighted by molar-refractivity contribution is 7.41. The van der Waals surface area contributed by atoms with Crippen LogP contribution in [0.4, 0.5) is 0 Å². The van der Waals surface area contributed by atoms with E-state index in [-0.39, 0.29) is 50.6 Å². The molecule has 3 aliphatic rings. The van der Waals surface area contributed by atoms with Gasteiger partial charge in [-0.15, -0.1) is 0 Å². The molecule has 11 heteroatoms.